The topological polar surface area (TPSA) is 142 Å². The Morgan fingerprint density at radius 1 is 0.556 bits per heavy atom. The molecule has 0 aromatic carbocycles. The van der Waals surface area contributed by atoms with E-state index in [0.29, 0.717) is 0 Å². The van der Waals surface area contributed by atoms with Crippen LogP contribution in [0.15, 0.2) is 0 Å². The quantitative estimate of drug-likeness (QED) is 0.526. The first-order valence-electron chi connectivity index (χ1n) is 0. The van der Waals surface area contributed by atoms with Gasteiger partial charge in [-0.15, -0.1) is 0 Å². The third kappa shape index (κ3) is 147. The molecule has 0 rings (SSSR count). The van der Waals surface area contributed by atoms with Gasteiger partial charge in [-0.3, -0.25) is 0 Å². The van der Waals surface area contributed by atoms with Crippen molar-refractivity contribution < 1.29 is 102 Å². The molecule has 0 unspecified atom stereocenters. The van der Waals surface area contributed by atoms with Gasteiger partial charge in [-0.2, -0.15) is 0 Å². The molecule has 0 aliphatic heterocycles. The Balaban J connectivity index is 0. The van der Waals surface area contributed by atoms with Crippen LogP contribution >= 0.6 is 0 Å². The summed E-state index contributed by atoms with van der Waals surface area (Å²) in [5.74, 6) is 0. The second kappa shape index (κ2) is 185. The monoisotopic (exact) mass is 309 g/mol. The summed E-state index contributed by atoms with van der Waals surface area (Å²) in [6.45, 7) is 0. The van der Waals surface area contributed by atoms with E-state index < -0.39 is 0 Å². The van der Waals surface area contributed by atoms with Crippen LogP contribution in [0.1, 0.15) is 0 Å². The fourth-order valence-electron chi connectivity index (χ4n) is 0. The molecule has 0 saturated heterocycles. The van der Waals surface area contributed by atoms with Crippen molar-refractivity contribution in [3.05, 3.63) is 0 Å². The Bertz CT molecular complexity index is 16.9. The van der Waals surface area contributed by atoms with Gasteiger partial charge in [0, 0.05) is 0 Å². The van der Waals surface area contributed by atoms with Crippen LogP contribution in [-0.2, 0) is 102 Å². The Hall–Kier alpha value is 2.14. The van der Waals surface area contributed by atoms with Crippen molar-refractivity contribution >= 4 is 0 Å². The standard InChI is InChI=1S/Co.Ni.5O.Ti.Zn/q2*+2;5*-2;+4;+2. The summed E-state index contributed by atoms with van der Waals surface area (Å²) < 4.78 is 0. The van der Waals surface area contributed by atoms with Crippen LogP contribution in [0.3, 0.4) is 0 Å². The Kier molecular flexibility index (Phi) is 5160. The van der Waals surface area contributed by atoms with Crippen LogP contribution in [0.2, 0.25) is 0 Å². The molecule has 9 heteroatoms. The maximum Gasteiger partial charge on any atom is 4.00 e. The fraction of sp³-hybridized carbons (Fsp3) is 0. The molecule has 0 spiro atoms. The summed E-state index contributed by atoms with van der Waals surface area (Å²) in [6, 6.07) is 0. The zero-order valence-corrected chi connectivity index (χ0v) is 10.5. The number of hydrogen-bond acceptors (Lipinski definition) is 0. The normalized spacial score (nSPS) is 0. The predicted molar refractivity (Wildman–Crippen MR) is 3.43 cm³/mol. The van der Waals surface area contributed by atoms with Gasteiger partial charge in [0.1, 0.15) is 0 Å². The van der Waals surface area contributed by atoms with E-state index in [0.717, 1.165) is 0 Å². The van der Waals surface area contributed by atoms with E-state index in [1.54, 1.807) is 0 Å². The van der Waals surface area contributed by atoms with E-state index in [2.05, 4.69) is 0 Å². The third-order valence-electron chi connectivity index (χ3n) is 0. The summed E-state index contributed by atoms with van der Waals surface area (Å²) >= 11 is 0. The molecule has 0 amide bonds. The van der Waals surface area contributed by atoms with Gasteiger partial charge in [-0.05, 0) is 0 Å². The summed E-state index contributed by atoms with van der Waals surface area (Å²) in [5.41, 5.74) is 0. The Labute approximate surface area is 101 Å². The molecular formula is CoNiO5TiZn. The average molecular weight is 311 g/mol. The van der Waals surface area contributed by atoms with E-state index in [9.17, 15) is 0 Å². The minimum Gasteiger partial charge on any atom is -2.00 e. The van der Waals surface area contributed by atoms with Crippen molar-refractivity contribution in [3.8, 4) is 0 Å². The molecular weight excluding hydrogens is 311 g/mol. The van der Waals surface area contributed by atoms with Crippen LogP contribution in [-0.4, -0.2) is 0 Å². The zero-order valence-electron chi connectivity index (χ0n) is 3.90. The third-order valence-corrected chi connectivity index (χ3v) is 0. The van der Waals surface area contributed by atoms with Gasteiger partial charge in [0.2, 0.25) is 0 Å². The molecule has 1 radical (unpaired) electrons. The summed E-state index contributed by atoms with van der Waals surface area (Å²) in [7, 11) is 0. The van der Waals surface area contributed by atoms with Crippen LogP contribution in [0, 0.1) is 0 Å². The minimum absolute atomic E-state index is 0. The summed E-state index contributed by atoms with van der Waals surface area (Å²) in [6.07, 6.45) is 0. The second-order valence-corrected chi connectivity index (χ2v) is 0. The minimum atomic E-state index is 0. The van der Waals surface area contributed by atoms with E-state index in [-0.39, 0.29) is 102 Å². The second-order valence-electron chi connectivity index (χ2n) is 0. The first-order chi connectivity index (χ1) is 0. The molecule has 0 aromatic heterocycles. The molecule has 5 nitrogen and oxygen atoms in total. The van der Waals surface area contributed by atoms with Crippen molar-refractivity contribution in [3.63, 3.8) is 0 Å². The molecule has 0 aliphatic carbocycles. The van der Waals surface area contributed by atoms with E-state index in [1.807, 2.05) is 0 Å². The molecule has 9 heavy (non-hydrogen) atoms. The van der Waals surface area contributed by atoms with Crippen LogP contribution in [0.25, 0.3) is 0 Å². The van der Waals surface area contributed by atoms with E-state index in [1.165, 1.54) is 0 Å². The molecule has 0 aromatic rings. The van der Waals surface area contributed by atoms with Crippen molar-refractivity contribution in [1.82, 2.24) is 0 Å². The molecule has 55 valence electrons. The maximum atomic E-state index is 0. The fourth-order valence-corrected chi connectivity index (χ4v) is 0. The zero-order chi connectivity index (χ0) is 0. The number of rotatable bonds is 0. The van der Waals surface area contributed by atoms with Crippen LogP contribution < -0.4 is 0 Å². The van der Waals surface area contributed by atoms with Gasteiger partial charge >= 0.3 is 74.5 Å². The smallest absolute Gasteiger partial charge is 2.00 e. The maximum absolute atomic E-state index is 0. The van der Waals surface area contributed by atoms with E-state index >= 15 is 0 Å². The van der Waals surface area contributed by atoms with Gasteiger partial charge in [-0.1, -0.05) is 0 Å². The van der Waals surface area contributed by atoms with Gasteiger partial charge in [0.25, 0.3) is 0 Å². The Morgan fingerprint density at radius 3 is 0.556 bits per heavy atom. The Morgan fingerprint density at radius 2 is 0.556 bits per heavy atom. The van der Waals surface area contributed by atoms with Crippen molar-refractivity contribution in [1.29, 1.82) is 0 Å². The van der Waals surface area contributed by atoms with Crippen LogP contribution in [0.5, 0.6) is 0 Å². The predicted octanol–water partition coefficient (Wildman–Crippen LogP) is -0.604. The molecule has 0 heterocycles. The molecule has 0 bridgehead atoms. The van der Waals surface area contributed by atoms with Gasteiger partial charge in [0.15, 0.2) is 0 Å². The van der Waals surface area contributed by atoms with Crippen molar-refractivity contribution in [2.24, 2.45) is 0 Å². The summed E-state index contributed by atoms with van der Waals surface area (Å²) in [4.78, 5) is 0. The van der Waals surface area contributed by atoms with Gasteiger partial charge in [-0.25, -0.2) is 0 Å². The van der Waals surface area contributed by atoms with E-state index in [4.69, 9.17) is 0 Å². The van der Waals surface area contributed by atoms with Gasteiger partial charge < -0.3 is 27.4 Å². The van der Waals surface area contributed by atoms with Gasteiger partial charge in [0.05, 0.1) is 0 Å². The van der Waals surface area contributed by atoms with Crippen molar-refractivity contribution in [2.45, 2.75) is 0 Å². The largest absolute Gasteiger partial charge is 4.00 e. The number of hydrogen-bond donors (Lipinski definition) is 0. The average Bonchev–Trinajstić information content (AvgIpc) is 0. The van der Waals surface area contributed by atoms with Crippen molar-refractivity contribution in [2.75, 3.05) is 0 Å². The first-order valence-corrected chi connectivity index (χ1v) is 0. The molecule has 0 fully saturated rings. The molecule has 0 aliphatic rings. The first kappa shape index (κ1) is 250. The SMILES string of the molecule is [Co+2].[Ni+2].[O-2].[O-2].[O-2].[O-2].[O-2].[Ti+4].[Zn+2]. The molecule has 0 N–H and O–H groups in total. The van der Waals surface area contributed by atoms with Crippen LogP contribution in [0.4, 0.5) is 0 Å². The molecule has 0 saturated carbocycles. The molecule has 0 atom stereocenters. The summed E-state index contributed by atoms with van der Waals surface area (Å²) in [5, 5.41) is 0.